The van der Waals surface area contributed by atoms with Crippen molar-refractivity contribution >= 4 is 10.4 Å². The SMILES string of the molecule is O=S(=O)(O)O.[CH2-]CCCCCCCCCCCCCC.[Na+]. The van der Waals surface area contributed by atoms with Crippen molar-refractivity contribution in [1.82, 2.24) is 0 Å². The Morgan fingerprint density at radius 1 is 0.714 bits per heavy atom. The molecule has 0 aliphatic rings. The summed E-state index contributed by atoms with van der Waals surface area (Å²) >= 11 is 0. The van der Waals surface area contributed by atoms with Crippen molar-refractivity contribution < 1.29 is 47.1 Å². The minimum absolute atomic E-state index is 0. The van der Waals surface area contributed by atoms with Gasteiger partial charge in [-0.25, -0.2) is 0 Å². The fraction of sp³-hybridized carbons (Fsp3) is 0.933. The van der Waals surface area contributed by atoms with E-state index >= 15 is 0 Å². The minimum atomic E-state index is -4.67. The molecule has 21 heavy (non-hydrogen) atoms. The topological polar surface area (TPSA) is 74.6 Å². The molecule has 0 bridgehead atoms. The van der Waals surface area contributed by atoms with Crippen LogP contribution in [0.25, 0.3) is 0 Å². The minimum Gasteiger partial charge on any atom is -0.343 e. The summed E-state index contributed by atoms with van der Waals surface area (Å²) in [7, 11) is -4.67. The smallest absolute Gasteiger partial charge is 0.343 e. The molecule has 124 valence electrons. The molecule has 2 N–H and O–H groups in total. The summed E-state index contributed by atoms with van der Waals surface area (Å²) in [6.45, 7) is 6.15. The Bertz CT molecular complexity index is 249. The molecule has 0 rings (SSSR count). The van der Waals surface area contributed by atoms with Gasteiger partial charge in [-0.3, -0.25) is 9.11 Å². The van der Waals surface area contributed by atoms with Gasteiger partial charge in [-0.1, -0.05) is 84.0 Å². The third-order valence-electron chi connectivity index (χ3n) is 3.10. The molecule has 0 spiro atoms. The molecular weight excluding hydrogens is 299 g/mol. The van der Waals surface area contributed by atoms with Crippen LogP contribution in [0, 0.1) is 6.92 Å². The van der Waals surface area contributed by atoms with Crippen LogP contribution in [0.15, 0.2) is 0 Å². The summed E-state index contributed by atoms with van der Waals surface area (Å²) in [6.07, 6.45) is 18.3. The molecule has 0 aromatic heterocycles. The van der Waals surface area contributed by atoms with Crippen LogP contribution in [0.1, 0.15) is 90.4 Å². The number of hydrogen-bond donors (Lipinski definition) is 2. The van der Waals surface area contributed by atoms with E-state index in [1.54, 1.807) is 0 Å². The first-order valence-electron chi connectivity index (χ1n) is 7.91. The largest absolute Gasteiger partial charge is 1.00 e. The molecule has 6 heteroatoms. The molecule has 0 aromatic carbocycles. The van der Waals surface area contributed by atoms with Crippen LogP contribution in [-0.4, -0.2) is 17.5 Å². The summed E-state index contributed by atoms with van der Waals surface area (Å²) in [5.74, 6) is 0. The normalized spacial score (nSPS) is 10.5. The van der Waals surface area contributed by atoms with Crippen LogP contribution in [0.4, 0.5) is 0 Å². The molecule has 0 saturated carbocycles. The number of unbranched alkanes of at least 4 members (excludes halogenated alkanes) is 12. The Kier molecular flexibility index (Phi) is 26.6. The summed E-state index contributed by atoms with van der Waals surface area (Å²) in [5.41, 5.74) is 0. The molecule has 0 aliphatic carbocycles. The first-order chi connectivity index (χ1) is 9.41. The molecule has 0 unspecified atom stereocenters. The van der Waals surface area contributed by atoms with Crippen LogP contribution in [0.3, 0.4) is 0 Å². The van der Waals surface area contributed by atoms with Crippen molar-refractivity contribution in [2.24, 2.45) is 0 Å². The zero-order chi connectivity index (χ0) is 15.7. The Morgan fingerprint density at radius 3 is 1.19 bits per heavy atom. The Labute approximate surface area is 154 Å². The summed E-state index contributed by atoms with van der Waals surface area (Å²) in [6, 6.07) is 0. The molecule has 0 amide bonds. The maximum Gasteiger partial charge on any atom is 1.00 e. The summed E-state index contributed by atoms with van der Waals surface area (Å²) in [5, 5.41) is 0. The van der Waals surface area contributed by atoms with Gasteiger partial charge >= 0.3 is 40.0 Å². The van der Waals surface area contributed by atoms with Gasteiger partial charge in [0.05, 0.1) is 0 Å². The van der Waals surface area contributed by atoms with Gasteiger partial charge in [-0.05, 0) is 0 Å². The van der Waals surface area contributed by atoms with Crippen molar-refractivity contribution in [3.05, 3.63) is 6.92 Å². The average Bonchev–Trinajstić information content (AvgIpc) is 2.34. The van der Waals surface area contributed by atoms with Gasteiger partial charge in [0.2, 0.25) is 0 Å². The second kappa shape index (κ2) is 20.9. The van der Waals surface area contributed by atoms with Crippen molar-refractivity contribution in [1.29, 1.82) is 0 Å². The molecular formula is C15H33NaO4S. The predicted molar refractivity (Wildman–Crippen MR) is 85.2 cm³/mol. The second-order valence-corrected chi connectivity index (χ2v) is 6.09. The van der Waals surface area contributed by atoms with E-state index in [2.05, 4.69) is 13.8 Å². The van der Waals surface area contributed by atoms with E-state index in [-0.39, 0.29) is 29.6 Å². The van der Waals surface area contributed by atoms with Gasteiger partial charge in [0.1, 0.15) is 0 Å². The molecule has 4 nitrogen and oxygen atoms in total. The molecule has 0 aliphatic heterocycles. The van der Waals surface area contributed by atoms with E-state index in [0.717, 1.165) is 6.42 Å². The van der Waals surface area contributed by atoms with Crippen molar-refractivity contribution in [3.63, 3.8) is 0 Å². The molecule has 0 atom stereocenters. The van der Waals surface area contributed by atoms with Gasteiger partial charge in [-0.2, -0.15) is 14.8 Å². The molecule has 0 aromatic rings. The van der Waals surface area contributed by atoms with E-state index in [0.29, 0.717) is 0 Å². The van der Waals surface area contributed by atoms with Gasteiger partial charge in [0.15, 0.2) is 0 Å². The van der Waals surface area contributed by atoms with E-state index in [1.165, 1.54) is 77.0 Å². The van der Waals surface area contributed by atoms with Gasteiger partial charge in [0.25, 0.3) is 0 Å². The average molecular weight is 332 g/mol. The van der Waals surface area contributed by atoms with E-state index in [1.807, 2.05) is 0 Å². The third kappa shape index (κ3) is 44.9. The van der Waals surface area contributed by atoms with Crippen LogP contribution >= 0.6 is 0 Å². The van der Waals surface area contributed by atoms with Crippen LogP contribution in [-0.2, 0) is 10.4 Å². The van der Waals surface area contributed by atoms with Crippen molar-refractivity contribution in [2.75, 3.05) is 0 Å². The zero-order valence-electron chi connectivity index (χ0n) is 14.0. The third-order valence-corrected chi connectivity index (χ3v) is 3.10. The van der Waals surface area contributed by atoms with Crippen molar-refractivity contribution in [2.45, 2.75) is 90.4 Å². The van der Waals surface area contributed by atoms with Crippen LogP contribution in [0.5, 0.6) is 0 Å². The molecule has 0 saturated heterocycles. The van der Waals surface area contributed by atoms with Crippen molar-refractivity contribution in [3.8, 4) is 0 Å². The molecule has 0 heterocycles. The van der Waals surface area contributed by atoms with E-state index in [4.69, 9.17) is 17.5 Å². The second-order valence-electron chi connectivity index (χ2n) is 5.19. The number of rotatable bonds is 12. The van der Waals surface area contributed by atoms with E-state index < -0.39 is 10.4 Å². The maximum absolute atomic E-state index is 8.74. The standard InChI is InChI=1S/C15H31.Na.H2O4S/c1-3-5-7-9-11-13-15-14-12-10-8-6-4-2;;1-5(2,3)4/h1,3-15H2,2H3;;(H2,1,2,3,4)/q-1;+1;. The fourth-order valence-corrected chi connectivity index (χ4v) is 2.02. The van der Waals surface area contributed by atoms with Gasteiger partial charge in [-0.15, -0.1) is 0 Å². The zero-order valence-corrected chi connectivity index (χ0v) is 16.8. The predicted octanol–water partition coefficient (Wildman–Crippen LogP) is 2.26. The fourth-order valence-electron chi connectivity index (χ4n) is 2.02. The Balaban J connectivity index is -0.000000465. The summed E-state index contributed by atoms with van der Waals surface area (Å²) < 4.78 is 31.6. The first kappa shape index (κ1) is 26.8. The molecule has 0 radical (unpaired) electrons. The summed E-state index contributed by atoms with van der Waals surface area (Å²) in [4.78, 5) is 0. The van der Waals surface area contributed by atoms with Gasteiger partial charge < -0.3 is 6.92 Å². The molecule has 0 fully saturated rings. The first-order valence-corrected chi connectivity index (χ1v) is 9.30. The quantitative estimate of drug-likeness (QED) is 0.249. The van der Waals surface area contributed by atoms with Gasteiger partial charge in [0, 0.05) is 0 Å². The monoisotopic (exact) mass is 332 g/mol. The Morgan fingerprint density at radius 2 is 0.952 bits per heavy atom. The van der Waals surface area contributed by atoms with E-state index in [9.17, 15) is 0 Å². The van der Waals surface area contributed by atoms with Crippen LogP contribution in [0.2, 0.25) is 0 Å². The maximum atomic E-state index is 8.74. The Hall–Kier alpha value is 0.870. The van der Waals surface area contributed by atoms with Crippen LogP contribution < -0.4 is 29.6 Å². The number of hydrogen-bond acceptors (Lipinski definition) is 2.